The highest BCUT2D eigenvalue weighted by molar-refractivity contribution is 5.90. The second-order valence-electron chi connectivity index (χ2n) is 4.79. The van der Waals surface area contributed by atoms with Gasteiger partial charge < -0.3 is 20.1 Å². The molecule has 1 heterocycles. The molecule has 0 aliphatic carbocycles. The van der Waals surface area contributed by atoms with Gasteiger partial charge in [0, 0.05) is 18.8 Å². The molecule has 0 aromatic heterocycles. The van der Waals surface area contributed by atoms with Crippen molar-refractivity contribution >= 4 is 11.7 Å². The highest BCUT2D eigenvalue weighted by Crippen LogP contribution is 2.22. The van der Waals surface area contributed by atoms with Crippen molar-refractivity contribution < 1.29 is 14.3 Å². The summed E-state index contributed by atoms with van der Waals surface area (Å²) in [6.07, 6.45) is 2.17. The number of carbonyl (C=O) groups excluding carboxylic acids is 1. The Morgan fingerprint density at radius 3 is 2.80 bits per heavy atom. The molecule has 0 radical (unpaired) electrons. The first-order valence-corrected chi connectivity index (χ1v) is 7.08. The lowest BCUT2D eigenvalue weighted by atomic mass is 10.1. The number of benzene rings is 1. The lowest BCUT2D eigenvalue weighted by molar-refractivity contribution is 0.0413. The van der Waals surface area contributed by atoms with E-state index in [1.54, 1.807) is 6.07 Å². The number of rotatable bonds is 5. The molecule has 1 aromatic carbocycles. The third-order valence-corrected chi connectivity index (χ3v) is 3.50. The SMILES string of the molecule is CCOC(=O)c1cccc(N2CCC(OCN)CC2)c1. The molecule has 2 rings (SSSR count). The van der Waals surface area contributed by atoms with Gasteiger partial charge in [-0.15, -0.1) is 0 Å². The Morgan fingerprint density at radius 2 is 2.15 bits per heavy atom. The van der Waals surface area contributed by atoms with Crippen LogP contribution in [-0.2, 0) is 9.47 Å². The van der Waals surface area contributed by atoms with Gasteiger partial charge in [-0.2, -0.15) is 0 Å². The third kappa shape index (κ3) is 3.71. The van der Waals surface area contributed by atoms with E-state index >= 15 is 0 Å². The van der Waals surface area contributed by atoms with Crippen LogP contribution in [0.3, 0.4) is 0 Å². The Kier molecular flexibility index (Phi) is 5.38. The summed E-state index contributed by atoms with van der Waals surface area (Å²) < 4.78 is 10.5. The van der Waals surface area contributed by atoms with Gasteiger partial charge in [0.25, 0.3) is 0 Å². The average Bonchev–Trinajstić information content (AvgIpc) is 2.49. The molecule has 110 valence electrons. The molecular formula is C15H22N2O3. The van der Waals surface area contributed by atoms with Crippen LogP contribution in [-0.4, -0.2) is 38.5 Å². The summed E-state index contributed by atoms with van der Waals surface area (Å²) in [5, 5.41) is 0. The summed E-state index contributed by atoms with van der Waals surface area (Å²) in [6.45, 7) is 4.31. The van der Waals surface area contributed by atoms with Crippen molar-refractivity contribution in [3.8, 4) is 0 Å². The molecule has 0 spiro atoms. The monoisotopic (exact) mass is 278 g/mol. The summed E-state index contributed by atoms with van der Waals surface area (Å²) in [6, 6.07) is 7.59. The molecule has 1 fully saturated rings. The minimum Gasteiger partial charge on any atom is -0.462 e. The van der Waals surface area contributed by atoms with E-state index in [-0.39, 0.29) is 18.8 Å². The normalized spacial score (nSPS) is 16.2. The van der Waals surface area contributed by atoms with Crippen LogP contribution in [0.2, 0.25) is 0 Å². The van der Waals surface area contributed by atoms with Crippen LogP contribution < -0.4 is 10.6 Å². The molecule has 5 heteroatoms. The third-order valence-electron chi connectivity index (χ3n) is 3.50. The molecule has 1 aliphatic rings. The zero-order valence-corrected chi connectivity index (χ0v) is 11.9. The van der Waals surface area contributed by atoms with Crippen LogP contribution in [0, 0.1) is 0 Å². The van der Waals surface area contributed by atoms with Crippen molar-refractivity contribution in [2.45, 2.75) is 25.9 Å². The van der Waals surface area contributed by atoms with Gasteiger partial charge in [-0.1, -0.05) is 6.07 Å². The highest BCUT2D eigenvalue weighted by Gasteiger charge is 2.20. The summed E-state index contributed by atoms with van der Waals surface area (Å²) in [4.78, 5) is 14.0. The van der Waals surface area contributed by atoms with E-state index in [1.165, 1.54) is 0 Å². The van der Waals surface area contributed by atoms with Gasteiger partial charge in [0.2, 0.25) is 0 Å². The minimum atomic E-state index is -0.268. The maximum atomic E-state index is 11.7. The lowest BCUT2D eigenvalue weighted by Crippen LogP contribution is -2.37. The maximum Gasteiger partial charge on any atom is 0.338 e. The Morgan fingerprint density at radius 1 is 1.40 bits per heavy atom. The number of hydrogen-bond donors (Lipinski definition) is 1. The number of piperidine rings is 1. The predicted molar refractivity (Wildman–Crippen MR) is 77.8 cm³/mol. The van der Waals surface area contributed by atoms with E-state index in [2.05, 4.69) is 4.90 Å². The Balaban J connectivity index is 1.99. The number of carbonyl (C=O) groups is 1. The smallest absolute Gasteiger partial charge is 0.338 e. The quantitative estimate of drug-likeness (QED) is 0.657. The molecule has 0 atom stereocenters. The van der Waals surface area contributed by atoms with Crippen LogP contribution in [0.4, 0.5) is 5.69 Å². The van der Waals surface area contributed by atoms with E-state index in [4.69, 9.17) is 15.2 Å². The van der Waals surface area contributed by atoms with Crippen molar-refractivity contribution in [2.24, 2.45) is 5.73 Å². The summed E-state index contributed by atoms with van der Waals surface area (Å²) >= 11 is 0. The maximum absolute atomic E-state index is 11.7. The van der Waals surface area contributed by atoms with Crippen molar-refractivity contribution in [1.82, 2.24) is 0 Å². The molecule has 20 heavy (non-hydrogen) atoms. The van der Waals surface area contributed by atoms with Crippen LogP contribution in [0.15, 0.2) is 24.3 Å². The molecule has 0 saturated carbocycles. The summed E-state index contributed by atoms with van der Waals surface area (Å²) in [5.41, 5.74) is 7.06. The van der Waals surface area contributed by atoms with E-state index in [0.29, 0.717) is 12.2 Å². The van der Waals surface area contributed by atoms with Gasteiger partial charge in [0.15, 0.2) is 0 Å². The molecule has 0 amide bonds. The van der Waals surface area contributed by atoms with Crippen LogP contribution in [0.25, 0.3) is 0 Å². The first-order valence-electron chi connectivity index (χ1n) is 7.08. The molecule has 0 unspecified atom stereocenters. The lowest BCUT2D eigenvalue weighted by Gasteiger charge is -2.33. The number of nitrogens with zero attached hydrogens (tertiary/aromatic N) is 1. The Labute approximate surface area is 119 Å². The first-order chi connectivity index (χ1) is 9.74. The van der Waals surface area contributed by atoms with Crippen molar-refractivity contribution in [3.63, 3.8) is 0 Å². The number of esters is 1. The van der Waals surface area contributed by atoms with E-state index < -0.39 is 0 Å². The topological polar surface area (TPSA) is 64.8 Å². The van der Waals surface area contributed by atoms with Crippen LogP contribution in [0.1, 0.15) is 30.1 Å². The van der Waals surface area contributed by atoms with Gasteiger partial charge in [0.05, 0.1) is 25.0 Å². The zero-order chi connectivity index (χ0) is 14.4. The van der Waals surface area contributed by atoms with Gasteiger partial charge >= 0.3 is 5.97 Å². The van der Waals surface area contributed by atoms with E-state index in [9.17, 15) is 4.79 Å². The van der Waals surface area contributed by atoms with E-state index in [1.807, 2.05) is 25.1 Å². The van der Waals surface area contributed by atoms with Gasteiger partial charge in [-0.25, -0.2) is 4.79 Å². The Bertz CT molecular complexity index is 442. The molecular weight excluding hydrogens is 256 g/mol. The Hall–Kier alpha value is -1.59. The second kappa shape index (κ2) is 7.26. The fraction of sp³-hybridized carbons (Fsp3) is 0.533. The molecule has 1 saturated heterocycles. The van der Waals surface area contributed by atoms with Crippen molar-refractivity contribution in [3.05, 3.63) is 29.8 Å². The van der Waals surface area contributed by atoms with Gasteiger partial charge in [-0.05, 0) is 38.0 Å². The second-order valence-corrected chi connectivity index (χ2v) is 4.79. The number of ether oxygens (including phenoxy) is 2. The van der Waals surface area contributed by atoms with E-state index in [0.717, 1.165) is 31.6 Å². The van der Waals surface area contributed by atoms with Gasteiger partial charge in [0.1, 0.15) is 0 Å². The largest absolute Gasteiger partial charge is 0.462 e. The van der Waals surface area contributed by atoms with Crippen molar-refractivity contribution in [2.75, 3.05) is 31.3 Å². The summed E-state index contributed by atoms with van der Waals surface area (Å²) in [7, 11) is 0. The molecule has 1 aliphatic heterocycles. The molecule has 1 aromatic rings. The number of nitrogens with two attached hydrogens (primary N) is 1. The fourth-order valence-electron chi connectivity index (χ4n) is 2.46. The van der Waals surface area contributed by atoms with Crippen LogP contribution in [0.5, 0.6) is 0 Å². The number of hydrogen-bond acceptors (Lipinski definition) is 5. The minimum absolute atomic E-state index is 0.254. The molecule has 2 N–H and O–H groups in total. The van der Waals surface area contributed by atoms with Gasteiger partial charge in [-0.3, -0.25) is 0 Å². The molecule has 0 bridgehead atoms. The average molecular weight is 278 g/mol. The standard InChI is InChI=1S/C15H22N2O3/c1-2-19-15(18)12-4-3-5-13(10-12)17-8-6-14(7-9-17)20-11-16/h3-5,10,14H,2,6-9,11,16H2,1H3. The van der Waals surface area contributed by atoms with Crippen LogP contribution >= 0.6 is 0 Å². The summed E-state index contributed by atoms with van der Waals surface area (Å²) in [5.74, 6) is -0.268. The zero-order valence-electron chi connectivity index (χ0n) is 11.9. The fourth-order valence-corrected chi connectivity index (χ4v) is 2.46. The van der Waals surface area contributed by atoms with Crippen molar-refractivity contribution in [1.29, 1.82) is 0 Å². The predicted octanol–water partition coefficient (Wildman–Crippen LogP) is 1.76. The number of anilines is 1. The molecule has 5 nitrogen and oxygen atoms in total. The highest BCUT2D eigenvalue weighted by atomic mass is 16.5. The first kappa shape index (κ1) is 14.8.